The number of benzene rings is 9. The monoisotopic (exact) mass is 637 g/mol. The van der Waals surface area contributed by atoms with E-state index in [1.165, 1.54) is 49.2 Å². The summed E-state index contributed by atoms with van der Waals surface area (Å²) in [5.74, 6) is 0.635. The van der Waals surface area contributed by atoms with Gasteiger partial charge in [-0.15, -0.1) is 0 Å². The van der Waals surface area contributed by atoms with Crippen molar-refractivity contribution in [2.75, 3.05) is 0 Å². The van der Waals surface area contributed by atoms with Gasteiger partial charge in [0, 0.05) is 21.7 Å². The van der Waals surface area contributed by atoms with Gasteiger partial charge in [-0.3, -0.25) is 0 Å². The Balaban J connectivity index is 1.22. The Hall–Kier alpha value is -6.71. The third-order valence-electron chi connectivity index (χ3n) is 10.3. The minimum Gasteiger partial charge on any atom is -0.456 e. The zero-order valence-electron chi connectivity index (χ0n) is 26.9. The highest BCUT2D eigenvalue weighted by Crippen LogP contribution is 2.48. The average Bonchev–Trinajstić information content (AvgIpc) is 3.79. The molecule has 0 aliphatic rings. The molecule has 0 aliphatic carbocycles. The zero-order valence-corrected chi connectivity index (χ0v) is 26.9. The molecule has 0 fully saturated rings. The maximum Gasteiger partial charge on any atom is 0.227 e. The normalized spacial score (nSPS) is 12.0. The van der Waals surface area contributed by atoms with E-state index in [2.05, 4.69) is 121 Å². The Morgan fingerprint density at radius 1 is 0.380 bits per heavy atom. The van der Waals surface area contributed by atoms with Gasteiger partial charge in [-0.2, -0.15) is 0 Å². The predicted molar refractivity (Wildman–Crippen MR) is 208 cm³/mol. The van der Waals surface area contributed by atoms with E-state index in [1.54, 1.807) is 0 Å². The molecule has 2 aromatic heterocycles. The van der Waals surface area contributed by atoms with Crippen LogP contribution in [0, 0.1) is 0 Å². The van der Waals surface area contributed by atoms with Crippen molar-refractivity contribution in [3.8, 4) is 33.7 Å². The number of fused-ring (bicyclic) bond motifs is 10. The third kappa shape index (κ3) is 3.89. The first-order valence-electron chi connectivity index (χ1n) is 17.0. The first kappa shape index (κ1) is 27.3. The van der Waals surface area contributed by atoms with Gasteiger partial charge in [0.25, 0.3) is 0 Å². The number of hydrogen-bond acceptors (Lipinski definition) is 3. The van der Waals surface area contributed by atoms with Gasteiger partial charge >= 0.3 is 0 Å². The molecule has 3 heteroatoms. The number of oxazole rings is 1. The first-order chi connectivity index (χ1) is 24.8. The Bertz CT molecular complexity index is 3090. The molecule has 0 atom stereocenters. The molecule has 0 radical (unpaired) electrons. The zero-order chi connectivity index (χ0) is 32.8. The summed E-state index contributed by atoms with van der Waals surface area (Å²) in [5, 5.41) is 11.7. The Kier molecular flexibility index (Phi) is 5.67. The fraction of sp³-hybridized carbons (Fsp3) is 0. The highest BCUT2D eigenvalue weighted by atomic mass is 16.3. The minimum atomic E-state index is 0.635. The van der Waals surface area contributed by atoms with Crippen LogP contribution in [0.3, 0.4) is 0 Å². The lowest BCUT2D eigenvalue weighted by molar-refractivity contribution is 0.623. The summed E-state index contributed by atoms with van der Waals surface area (Å²) in [6.45, 7) is 0. The van der Waals surface area contributed by atoms with Crippen molar-refractivity contribution in [2.45, 2.75) is 0 Å². The summed E-state index contributed by atoms with van der Waals surface area (Å²) in [6, 6.07) is 58.1. The van der Waals surface area contributed by atoms with E-state index in [-0.39, 0.29) is 0 Å². The summed E-state index contributed by atoms with van der Waals surface area (Å²) in [6.07, 6.45) is 0. The van der Waals surface area contributed by atoms with Crippen molar-refractivity contribution < 1.29 is 8.83 Å². The van der Waals surface area contributed by atoms with Crippen LogP contribution in [0.4, 0.5) is 0 Å². The van der Waals surface area contributed by atoms with Crippen LogP contribution in [0.2, 0.25) is 0 Å². The summed E-state index contributed by atoms with van der Waals surface area (Å²) in [4.78, 5) is 4.90. The van der Waals surface area contributed by atoms with Crippen LogP contribution in [-0.2, 0) is 0 Å². The summed E-state index contributed by atoms with van der Waals surface area (Å²) in [5.41, 5.74) is 9.29. The van der Waals surface area contributed by atoms with Crippen LogP contribution in [0.15, 0.2) is 173 Å². The molecular weight excluding hydrogens is 611 g/mol. The second-order valence-corrected chi connectivity index (χ2v) is 13.0. The summed E-state index contributed by atoms with van der Waals surface area (Å²) in [7, 11) is 0. The number of para-hydroxylation sites is 1. The van der Waals surface area contributed by atoms with Crippen LogP contribution < -0.4 is 0 Å². The second-order valence-electron chi connectivity index (χ2n) is 13.0. The van der Waals surface area contributed by atoms with E-state index >= 15 is 0 Å². The van der Waals surface area contributed by atoms with E-state index in [9.17, 15) is 0 Å². The van der Waals surface area contributed by atoms with Crippen molar-refractivity contribution in [3.63, 3.8) is 0 Å². The molecule has 0 saturated carbocycles. The van der Waals surface area contributed by atoms with Gasteiger partial charge in [-0.1, -0.05) is 121 Å². The molecular formula is C47H27NO2. The molecule has 11 rings (SSSR count). The molecule has 0 N–H and O–H groups in total. The largest absolute Gasteiger partial charge is 0.456 e. The fourth-order valence-electron chi connectivity index (χ4n) is 8.10. The molecule has 50 heavy (non-hydrogen) atoms. The van der Waals surface area contributed by atoms with Crippen LogP contribution >= 0.6 is 0 Å². The number of furan rings is 1. The highest BCUT2D eigenvalue weighted by Gasteiger charge is 2.21. The number of hydrogen-bond donors (Lipinski definition) is 0. The number of aromatic nitrogens is 1. The molecule has 9 aromatic carbocycles. The summed E-state index contributed by atoms with van der Waals surface area (Å²) >= 11 is 0. The molecule has 2 heterocycles. The van der Waals surface area contributed by atoms with E-state index in [1.807, 2.05) is 42.5 Å². The molecule has 0 unspecified atom stereocenters. The van der Waals surface area contributed by atoms with Crippen LogP contribution in [-0.4, -0.2) is 4.98 Å². The Labute approximate surface area is 286 Å². The highest BCUT2D eigenvalue weighted by molar-refractivity contribution is 6.28. The van der Waals surface area contributed by atoms with Gasteiger partial charge in [0.15, 0.2) is 5.58 Å². The number of nitrogens with zero attached hydrogens (tertiary/aromatic N) is 1. The van der Waals surface area contributed by atoms with E-state index < -0.39 is 0 Å². The van der Waals surface area contributed by atoms with Gasteiger partial charge < -0.3 is 8.83 Å². The molecule has 3 nitrogen and oxygen atoms in total. The van der Waals surface area contributed by atoms with Crippen molar-refractivity contribution in [3.05, 3.63) is 164 Å². The molecule has 0 aliphatic heterocycles. The van der Waals surface area contributed by atoms with Crippen molar-refractivity contribution >= 4 is 76.1 Å². The first-order valence-corrected chi connectivity index (χ1v) is 17.0. The maximum atomic E-state index is 6.56. The van der Waals surface area contributed by atoms with Gasteiger partial charge in [0.1, 0.15) is 16.7 Å². The average molecular weight is 638 g/mol. The van der Waals surface area contributed by atoms with Crippen molar-refractivity contribution in [2.24, 2.45) is 0 Å². The van der Waals surface area contributed by atoms with Crippen molar-refractivity contribution in [1.29, 1.82) is 0 Å². The molecule has 0 amide bonds. The smallest absolute Gasteiger partial charge is 0.227 e. The van der Waals surface area contributed by atoms with Crippen LogP contribution in [0.25, 0.3) is 110 Å². The second kappa shape index (κ2) is 10.4. The van der Waals surface area contributed by atoms with Crippen molar-refractivity contribution in [1.82, 2.24) is 4.98 Å². The Morgan fingerprint density at radius 2 is 0.980 bits per heavy atom. The van der Waals surface area contributed by atoms with E-state index in [0.717, 1.165) is 54.8 Å². The molecule has 11 aromatic rings. The van der Waals surface area contributed by atoms with E-state index in [4.69, 9.17) is 13.8 Å². The minimum absolute atomic E-state index is 0.635. The third-order valence-corrected chi connectivity index (χ3v) is 10.3. The predicted octanol–water partition coefficient (Wildman–Crippen LogP) is 13.3. The fourth-order valence-corrected chi connectivity index (χ4v) is 8.10. The van der Waals surface area contributed by atoms with Gasteiger partial charge in [0.2, 0.25) is 5.89 Å². The standard InChI is InChI=1S/C47H27NO2/c1-2-12-28(13-3-1)47-48-40-24-22-30-27-39(31-14-4-5-16-33(31)44(30)46(40)50-47)45-36-19-8-6-17-34(36)43(35-18-7-9-20-37(35)45)29-23-25-42-38(26-29)32-15-10-11-21-41(32)49-42/h1-27H. The lowest BCUT2D eigenvalue weighted by Gasteiger charge is -2.19. The lowest BCUT2D eigenvalue weighted by atomic mass is 9.83. The maximum absolute atomic E-state index is 6.56. The molecule has 0 spiro atoms. The quantitative estimate of drug-likeness (QED) is 0.143. The molecule has 0 bridgehead atoms. The SMILES string of the molecule is c1ccc(-c2nc3ccc4cc(-c5c6ccccc6c(-c6ccc7oc8ccccc8c7c6)c6ccccc56)c5ccccc5c4c3o2)cc1. The van der Waals surface area contributed by atoms with Gasteiger partial charge in [-0.25, -0.2) is 4.98 Å². The lowest BCUT2D eigenvalue weighted by Crippen LogP contribution is -1.92. The molecule has 0 saturated heterocycles. The summed E-state index contributed by atoms with van der Waals surface area (Å²) < 4.78 is 12.8. The molecule has 232 valence electrons. The number of rotatable bonds is 3. The van der Waals surface area contributed by atoms with E-state index in [0.29, 0.717) is 5.89 Å². The topological polar surface area (TPSA) is 39.2 Å². The van der Waals surface area contributed by atoms with Crippen LogP contribution in [0.5, 0.6) is 0 Å². The Morgan fingerprint density at radius 3 is 1.72 bits per heavy atom. The van der Waals surface area contributed by atoms with Gasteiger partial charge in [-0.05, 0) is 102 Å². The van der Waals surface area contributed by atoms with Gasteiger partial charge in [0.05, 0.1) is 0 Å². The van der Waals surface area contributed by atoms with Crippen LogP contribution in [0.1, 0.15) is 0 Å².